The molecule has 1 aromatic rings. The number of aliphatic hydroxyl groups is 1. The minimum atomic E-state index is -0.165. The second kappa shape index (κ2) is 4.54. The fourth-order valence-electron chi connectivity index (χ4n) is 2.15. The van der Waals surface area contributed by atoms with E-state index in [4.69, 9.17) is 0 Å². The van der Waals surface area contributed by atoms with Gasteiger partial charge < -0.3 is 10.0 Å². The van der Waals surface area contributed by atoms with E-state index in [-0.39, 0.29) is 6.10 Å². The normalized spacial score (nSPS) is 21.8. The average Bonchev–Trinajstić information content (AvgIpc) is 2.17. The van der Waals surface area contributed by atoms with Gasteiger partial charge in [0.05, 0.1) is 6.10 Å². The minimum absolute atomic E-state index is 0.165. The molecule has 2 nitrogen and oxygen atoms in total. The largest absolute Gasteiger partial charge is 0.391 e. The van der Waals surface area contributed by atoms with Crippen molar-refractivity contribution in [3.63, 3.8) is 0 Å². The van der Waals surface area contributed by atoms with Crippen LogP contribution in [0.3, 0.4) is 0 Å². The van der Waals surface area contributed by atoms with Gasteiger partial charge in [-0.25, -0.2) is 0 Å². The number of nitrogens with zero attached hydrogens (tertiary/aromatic N) is 1. The molecule has 15 heavy (non-hydrogen) atoms. The molecule has 0 amide bonds. The Morgan fingerprint density at radius 3 is 2.93 bits per heavy atom. The third-order valence-electron chi connectivity index (χ3n) is 2.90. The zero-order chi connectivity index (χ0) is 10.8. The van der Waals surface area contributed by atoms with E-state index >= 15 is 0 Å². The lowest BCUT2D eigenvalue weighted by molar-refractivity contribution is 0.154. The summed E-state index contributed by atoms with van der Waals surface area (Å²) in [5.41, 5.74) is 2.51. The molecule has 3 heteroatoms. The van der Waals surface area contributed by atoms with Crippen molar-refractivity contribution < 1.29 is 5.11 Å². The zero-order valence-electron chi connectivity index (χ0n) is 8.91. The number of aryl methyl sites for hydroxylation is 1. The summed E-state index contributed by atoms with van der Waals surface area (Å²) >= 11 is 3.46. The van der Waals surface area contributed by atoms with Crippen molar-refractivity contribution in [3.05, 3.63) is 28.2 Å². The number of hydrogen-bond donors (Lipinski definition) is 1. The first-order chi connectivity index (χ1) is 7.16. The van der Waals surface area contributed by atoms with Gasteiger partial charge in [0.2, 0.25) is 0 Å². The Kier molecular flexibility index (Phi) is 3.32. The predicted molar refractivity (Wildman–Crippen MR) is 66.3 cm³/mol. The van der Waals surface area contributed by atoms with Gasteiger partial charge in [0.15, 0.2) is 0 Å². The van der Waals surface area contributed by atoms with Gasteiger partial charge >= 0.3 is 0 Å². The van der Waals surface area contributed by atoms with E-state index in [1.807, 2.05) is 0 Å². The van der Waals surface area contributed by atoms with Gasteiger partial charge in [-0.05, 0) is 43.5 Å². The number of halogens is 1. The molecule has 1 aromatic carbocycles. The fraction of sp³-hybridized carbons (Fsp3) is 0.500. The van der Waals surface area contributed by atoms with Gasteiger partial charge in [-0.2, -0.15) is 0 Å². The van der Waals surface area contributed by atoms with Crippen LogP contribution in [0.1, 0.15) is 18.4 Å². The molecule has 0 radical (unpaired) electrons. The number of β-amino-alcohol motifs (C(OH)–C–C–N with tert-alkyl or cyclic N) is 1. The average molecular weight is 270 g/mol. The van der Waals surface area contributed by atoms with Crippen molar-refractivity contribution in [2.24, 2.45) is 0 Å². The molecular weight excluding hydrogens is 254 g/mol. The van der Waals surface area contributed by atoms with Crippen LogP contribution in [0.5, 0.6) is 0 Å². The first-order valence-corrected chi connectivity index (χ1v) is 6.15. The van der Waals surface area contributed by atoms with E-state index < -0.39 is 0 Å². The molecule has 82 valence electrons. The maximum Gasteiger partial charge on any atom is 0.0715 e. The summed E-state index contributed by atoms with van der Waals surface area (Å²) in [6, 6.07) is 6.30. The minimum Gasteiger partial charge on any atom is -0.391 e. The van der Waals surface area contributed by atoms with Crippen LogP contribution in [0, 0.1) is 6.92 Å². The summed E-state index contributed by atoms with van der Waals surface area (Å²) in [4.78, 5) is 2.27. The highest BCUT2D eigenvalue weighted by Crippen LogP contribution is 2.26. The Hall–Kier alpha value is -0.540. The predicted octanol–water partition coefficient (Wildman–Crippen LogP) is 2.72. The summed E-state index contributed by atoms with van der Waals surface area (Å²) in [5, 5.41) is 9.64. The van der Waals surface area contributed by atoms with Crippen LogP contribution < -0.4 is 4.90 Å². The number of aliphatic hydroxyl groups excluding tert-OH is 1. The van der Waals surface area contributed by atoms with Gasteiger partial charge in [0.1, 0.15) is 0 Å². The highest BCUT2D eigenvalue weighted by atomic mass is 79.9. The Morgan fingerprint density at radius 1 is 1.47 bits per heavy atom. The molecule has 0 saturated carbocycles. The highest BCUT2D eigenvalue weighted by Gasteiger charge is 2.18. The van der Waals surface area contributed by atoms with Crippen molar-refractivity contribution in [2.45, 2.75) is 25.9 Å². The molecule has 0 aromatic heterocycles. The number of anilines is 1. The van der Waals surface area contributed by atoms with Gasteiger partial charge in [-0.15, -0.1) is 0 Å². The lowest BCUT2D eigenvalue weighted by atomic mass is 10.1. The second-order valence-corrected chi connectivity index (χ2v) is 5.09. The molecule has 2 rings (SSSR count). The Morgan fingerprint density at radius 2 is 2.27 bits per heavy atom. The Balaban J connectivity index is 2.21. The second-order valence-electron chi connectivity index (χ2n) is 4.17. The zero-order valence-corrected chi connectivity index (χ0v) is 10.5. The van der Waals surface area contributed by atoms with E-state index in [2.05, 4.69) is 46.0 Å². The third kappa shape index (κ3) is 2.52. The quantitative estimate of drug-likeness (QED) is 0.848. The van der Waals surface area contributed by atoms with Crippen molar-refractivity contribution in [2.75, 3.05) is 18.0 Å². The lowest BCUT2D eigenvalue weighted by Gasteiger charge is -2.33. The molecule has 0 bridgehead atoms. The van der Waals surface area contributed by atoms with Gasteiger partial charge in [0, 0.05) is 23.2 Å². The summed E-state index contributed by atoms with van der Waals surface area (Å²) in [5.74, 6) is 0. The van der Waals surface area contributed by atoms with Crippen molar-refractivity contribution >= 4 is 21.6 Å². The maximum absolute atomic E-state index is 9.64. The van der Waals surface area contributed by atoms with E-state index in [1.54, 1.807) is 0 Å². The summed E-state index contributed by atoms with van der Waals surface area (Å²) in [7, 11) is 0. The summed E-state index contributed by atoms with van der Waals surface area (Å²) in [6.07, 6.45) is 1.85. The molecule has 1 fully saturated rings. The van der Waals surface area contributed by atoms with Crippen LogP contribution >= 0.6 is 15.9 Å². The van der Waals surface area contributed by atoms with Crippen molar-refractivity contribution in [3.8, 4) is 0 Å². The van der Waals surface area contributed by atoms with Crippen LogP contribution in [-0.2, 0) is 0 Å². The van der Waals surface area contributed by atoms with Gasteiger partial charge in [-0.1, -0.05) is 15.9 Å². The molecule has 1 heterocycles. The van der Waals surface area contributed by atoms with Crippen LogP contribution in [-0.4, -0.2) is 24.3 Å². The fourth-order valence-corrected chi connectivity index (χ4v) is 2.62. The molecule has 1 atom stereocenters. The van der Waals surface area contributed by atoms with Crippen LogP contribution in [0.2, 0.25) is 0 Å². The molecule has 1 saturated heterocycles. The molecule has 0 aliphatic carbocycles. The highest BCUT2D eigenvalue weighted by molar-refractivity contribution is 9.10. The first-order valence-electron chi connectivity index (χ1n) is 5.36. The number of hydrogen-bond acceptors (Lipinski definition) is 2. The van der Waals surface area contributed by atoms with Crippen LogP contribution in [0.15, 0.2) is 22.7 Å². The summed E-state index contributed by atoms with van der Waals surface area (Å²) in [6.45, 7) is 3.93. The first kappa shape index (κ1) is 11.0. The van der Waals surface area contributed by atoms with Crippen molar-refractivity contribution in [1.29, 1.82) is 0 Å². The molecule has 0 spiro atoms. The molecule has 1 aliphatic rings. The topological polar surface area (TPSA) is 23.5 Å². The monoisotopic (exact) mass is 269 g/mol. The standard InChI is InChI=1S/C12H16BrNO/c1-9-7-10(13)4-5-12(9)14-6-2-3-11(15)8-14/h4-5,7,11,15H,2-3,6,8H2,1H3. The SMILES string of the molecule is Cc1cc(Br)ccc1N1CCCC(O)C1. The van der Waals surface area contributed by atoms with Crippen LogP contribution in [0.4, 0.5) is 5.69 Å². The number of rotatable bonds is 1. The van der Waals surface area contributed by atoms with Crippen molar-refractivity contribution in [1.82, 2.24) is 0 Å². The van der Waals surface area contributed by atoms with Gasteiger partial charge in [-0.3, -0.25) is 0 Å². The lowest BCUT2D eigenvalue weighted by Crippen LogP contribution is -2.38. The van der Waals surface area contributed by atoms with Crippen LogP contribution in [0.25, 0.3) is 0 Å². The van der Waals surface area contributed by atoms with E-state index in [0.717, 1.165) is 30.4 Å². The third-order valence-corrected chi connectivity index (χ3v) is 3.39. The Bertz CT molecular complexity index is 353. The van der Waals surface area contributed by atoms with E-state index in [0.29, 0.717) is 0 Å². The smallest absolute Gasteiger partial charge is 0.0715 e. The van der Waals surface area contributed by atoms with E-state index in [9.17, 15) is 5.11 Å². The number of benzene rings is 1. The molecule has 1 N–H and O–H groups in total. The molecule has 1 aliphatic heterocycles. The number of piperidine rings is 1. The molecule has 1 unspecified atom stereocenters. The van der Waals surface area contributed by atoms with E-state index in [1.165, 1.54) is 11.3 Å². The Labute approximate surface area is 99.0 Å². The maximum atomic E-state index is 9.64. The van der Waals surface area contributed by atoms with Gasteiger partial charge in [0.25, 0.3) is 0 Å². The molecular formula is C12H16BrNO. The summed E-state index contributed by atoms with van der Waals surface area (Å²) < 4.78 is 1.11.